The summed E-state index contributed by atoms with van der Waals surface area (Å²) in [5.74, 6) is -0.802. The molecule has 0 saturated carbocycles. The van der Waals surface area contributed by atoms with Crippen molar-refractivity contribution < 1.29 is 9.90 Å². The Labute approximate surface area is 99.9 Å². The monoisotopic (exact) mass is 232 g/mol. The van der Waals surface area contributed by atoms with Crippen molar-refractivity contribution in [1.29, 1.82) is 0 Å². The van der Waals surface area contributed by atoms with Gasteiger partial charge in [-0.1, -0.05) is 0 Å². The fourth-order valence-electron chi connectivity index (χ4n) is 2.03. The van der Waals surface area contributed by atoms with E-state index in [1.54, 1.807) is 0 Å². The van der Waals surface area contributed by atoms with Crippen molar-refractivity contribution in [2.75, 3.05) is 19.0 Å². The molecule has 0 aliphatic rings. The number of rotatable bonds is 3. The van der Waals surface area contributed by atoms with Gasteiger partial charge in [-0.05, 0) is 30.7 Å². The van der Waals surface area contributed by atoms with Crippen LogP contribution in [0.2, 0.25) is 0 Å². The lowest BCUT2D eigenvalue weighted by Gasteiger charge is -2.12. The van der Waals surface area contributed by atoms with Crippen molar-refractivity contribution in [3.05, 3.63) is 29.5 Å². The van der Waals surface area contributed by atoms with Crippen molar-refractivity contribution in [2.24, 2.45) is 0 Å². The quantitative estimate of drug-likeness (QED) is 0.852. The lowest BCUT2D eigenvalue weighted by molar-refractivity contribution is -0.136. The Morgan fingerprint density at radius 3 is 2.71 bits per heavy atom. The molecule has 2 N–H and O–H groups in total. The van der Waals surface area contributed by atoms with Crippen LogP contribution in [-0.4, -0.2) is 30.2 Å². The summed E-state index contributed by atoms with van der Waals surface area (Å²) in [5.41, 5.74) is 3.86. The number of carbonyl (C=O) groups is 1. The number of aromatic nitrogens is 1. The van der Waals surface area contributed by atoms with E-state index in [0.29, 0.717) is 0 Å². The van der Waals surface area contributed by atoms with Crippen LogP contribution in [0.3, 0.4) is 0 Å². The van der Waals surface area contributed by atoms with E-state index in [9.17, 15) is 4.79 Å². The molecule has 0 saturated heterocycles. The van der Waals surface area contributed by atoms with Gasteiger partial charge in [0.2, 0.25) is 0 Å². The summed E-state index contributed by atoms with van der Waals surface area (Å²) in [6.45, 7) is 1.91. The maximum Gasteiger partial charge on any atom is 0.307 e. The molecule has 0 fully saturated rings. The van der Waals surface area contributed by atoms with Crippen LogP contribution < -0.4 is 4.90 Å². The van der Waals surface area contributed by atoms with Gasteiger partial charge < -0.3 is 15.0 Å². The number of H-pyrrole nitrogens is 1. The van der Waals surface area contributed by atoms with Crippen LogP contribution in [0.4, 0.5) is 5.69 Å². The van der Waals surface area contributed by atoms with Gasteiger partial charge in [0.25, 0.3) is 0 Å². The highest BCUT2D eigenvalue weighted by Gasteiger charge is 2.12. The summed E-state index contributed by atoms with van der Waals surface area (Å²) < 4.78 is 0. The van der Waals surface area contributed by atoms with Crippen molar-refractivity contribution in [1.82, 2.24) is 4.98 Å². The van der Waals surface area contributed by atoms with E-state index in [0.717, 1.165) is 27.8 Å². The van der Waals surface area contributed by atoms with E-state index in [1.165, 1.54) is 0 Å². The van der Waals surface area contributed by atoms with Crippen LogP contribution in [0, 0.1) is 6.92 Å². The van der Waals surface area contributed by atoms with Crippen molar-refractivity contribution in [3.63, 3.8) is 0 Å². The number of benzene rings is 1. The number of aromatic amines is 1. The summed E-state index contributed by atoms with van der Waals surface area (Å²) in [5, 5.41) is 9.92. The van der Waals surface area contributed by atoms with E-state index < -0.39 is 5.97 Å². The fraction of sp³-hybridized carbons (Fsp3) is 0.308. The molecular weight excluding hydrogens is 216 g/mol. The third kappa shape index (κ3) is 2.11. The van der Waals surface area contributed by atoms with Crippen molar-refractivity contribution in [3.8, 4) is 0 Å². The second-order valence-electron chi connectivity index (χ2n) is 4.42. The smallest absolute Gasteiger partial charge is 0.307 e. The largest absolute Gasteiger partial charge is 0.481 e. The number of hydrogen-bond acceptors (Lipinski definition) is 2. The molecule has 1 aromatic heterocycles. The molecule has 0 spiro atoms. The van der Waals surface area contributed by atoms with Gasteiger partial charge in [0.05, 0.1) is 6.42 Å². The zero-order valence-corrected chi connectivity index (χ0v) is 10.2. The van der Waals surface area contributed by atoms with Gasteiger partial charge in [0, 0.05) is 36.4 Å². The van der Waals surface area contributed by atoms with Gasteiger partial charge in [-0.3, -0.25) is 4.79 Å². The third-order valence-electron chi connectivity index (χ3n) is 2.95. The predicted octanol–water partition coefficient (Wildman–Crippen LogP) is 2.17. The molecule has 0 aliphatic heterocycles. The molecule has 2 aromatic rings. The summed E-state index contributed by atoms with van der Waals surface area (Å²) in [7, 11) is 3.94. The Hall–Kier alpha value is -1.97. The van der Waals surface area contributed by atoms with Gasteiger partial charge in [0.15, 0.2) is 0 Å². The number of carboxylic acid groups (broad SMARTS) is 1. The molecule has 1 aromatic carbocycles. The topological polar surface area (TPSA) is 56.3 Å². The van der Waals surface area contributed by atoms with E-state index in [1.807, 2.05) is 44.1 Å². The van der Waals surface area contributed by atoms with E-state index in [-0.39, 0.29) is 6.42 Å². The highest BCUT2D eigenvalue weighted by Crippen LogP contribution is 2.26. The lowest BCUT2D eigenvalue weighted by atomic mass is 10.1. The van der Waals surface area contributed by atoms with E-state index in [2.05, 4.69) is 4.98 Å². The molecule has 0 radical (unpaired) electrons. The number of nitrogens with zero attached hydrogens (tertiary/aromatic N) is 1. The van der Waals surface area contributed by atoms with Crippen LogP contribution in [0.15, 0.2) is 18.2 Å². The molecule has 0 aliphatic carbocycles. The highest BCUT2D eigenvalue weighted by atomic mass is 16.4. The number of fused-ring (bicyclic) bond motifs is 1. The lowest BCUT2D eigenvalue weighted by Crippen LogP contribution is -2.08. The zero-order valence-electron chi connectivity index (χ0n) is 10.2. The van der Waals surface area contributed by atoms with Gasteiger partial charge in [-0.15, -0.1) is 0 Å². The normalized spacial score (nSPS) is 10.8. The molecule has 17 heavy (non-hydrogen) atoms. The second kappa shape index (κ2) is 4.13. The number of hydrogen-bond donors (Lipinski definition) is 2. The van der Waals surface area contributed by atoms with E-state index in [4.69, 9.17) is 5.11 Å². The SMILES string of the molecule is Cc1[nH]c2ccc(N(C)C)cc2c1CC(=O)O. The number of anilines is 1. The minimum absolute atomic E-state index is 0.0582. The average Bonchev–Trinajstić information content (AvgIpc) is 2.54. The Kier molecular flexibility index (Phi) is 2.79. The number of nitrogens with one attached hydrogen (secondary N) is 1. The van der Waals surface area contributed by atoms with Gasteiger partial charge >= 0.3 is 5.97 Å². The van der Waals surface area contributed by atoms with Crippen LogP contribution in [0.5, 0.6) is 0 Å². The van der Waals surface area contributed by atoms with Crippen molar-refractivity contribution in [2.45, 2.75) is 13.3 Å². The molecule has 2 rings (SSSR count). The molecule has 0 amide bonds. The Bertz CT molecular complexity index is 570. The average molecular weight is 232 g/mol. The third-order valence-corrected chi connectivity index (χ3v) is 2.95. The summed E-state index contributed by atoms with van der Waals surface area (Å²) in [4.78, 5) is 16.1. The minimum Gasteiger partial charge on any atom is -0.481 e. The van der Waals surface area contributed by atoms with Gasteiger partial charge in [-0.25, -0.2) is 0 Å². The predicted molar refractivity (Wildman–Crippen MR) is 68.7 cm³/mol. The molecule has 90 valence electrons. The first kappa shape index (κ1) is 11.5. The summed E-state index contributed by atoms with van der Waals surface area (Å²) in [6, 6.07) is 6.03. The Morgan fingerprint density at radius 1 is 1.41 bits per heavy atom. The maximum atomic E-state index is 10.9. The first-order chi connectivity index (χ1) is 7.99. The zero-order chi connectivity index (χ0) is 12.6. The van der Waals surface area contributed by atoms with Gasteiger partial charge in [0.1, 0.15) is 0 Å². The first-order valence-corrected chi connectivity index (χ1v) is 5.49. The molecule has 0 bridgehead atoms. The molecule has 4 nitrogen and oxygen atoms in total. The molecular formula is C13H16N2O2. The number of aryl methyl sites for hydroxylation is 1. The summed E-state index contributed by atoms with van der Waals surface area (Å²) >= 11 is 0. The molecule has 4 heteroatoms. The minimum atomic E-state index is -0.802. The standard InChI is InChI=1S/C13H16N2O2/c1-8-10(7-13(16)17)11-6-9(15(2)3)4-5-12(11)14-8/h4-6,14H,7H2,1-3H3,(H,16,17). The van der Waals surface area contributed by atoms with E-state index >= 15 is 0 Å². The van der Waals surface area contributed by atoms with Crippen LogP contribution in [-0.2, 0) is 11.2 Å². The highest BCUT2D eigenvalue weighted by molar-refractivity contribution is 5.90. The first-order valence-electron chi connectivity index (χ1n) is 5.49. The van der Waals surface area contributed by atoms with Crippen molar-refractivity contribution >= 4 is 22.6 Å². The number of carboxylic acids is 1. The van der Waals surface area contributed by atoms with Crippen LogP contribution >= 0.6 is 0 Å². The maximum absolute atomic E-state index is 10.9. The molecule has 0 atom stereocenters. The second-order valence-corrected chi connectivity index (χ2v) is 4.42. The number of aliphatic carboxylic acids is 1. The molecule has 0 unspecified atom stereocenters. The van der Waals surface area contributed by atoms with Crippen LogP contribution in [0.25, 0.3) is 10.9 Å². The van der Waals surface area contributed by atoms with Gasteiger partial charge in [-0.2, -0.15) is 0 Å². The van der Waals surface area contributed by atoms with Crippen LogP contribution in [0.1, 0.15) is 11.3 Å². The fourth-order valence-corrected chi connectivity index (χ4v) is 2.03. The molecule has 1 heterocycles. The Balaban J connectivity index is 2.60. The summed E-state index contributed by atoms with van der Waals surface area (Å²) in [6.07, 6.45) is 0.0582. The Morgan fingerprint density at radius 2 is 2.12 bits per heavy atom.